The molecule has 1 amide bonds. The molecular weight excluding hydrogens is 212 g/mol. The SMILES string of the molecule is CN(C(=O)c1cccc2cc[nH]c12)C1CCC1. The molecule has 1 heterocycles. The summed E-state index contributed by atoms with van der Waals surface area (Å²) in [5.74, 6) is 0.128. The first-order chi connectivity index (χ1) is 8.27. The van der Waals surface area contributed by atoms with E-state index in [0.717, 1.165) is 29.3 Å². The molecule has 0 aliphatic heterocycles. The smallest absolute Gasteiger partial charge is 0.255 e. The van der Waals surface area contributed by atoms with Crippen molar-refractivity contribution in [2.75, 3.05) is 7.05 Å². The summed E-state index contributed by atoms with van der Waals surface area (Å²) in [4.78, 5) is 17.4. The van der Waals surface area contributed by atoms with Crippen LogP contribution in [-0.2, 0) is 0 Å². The molecule has 1 fully saturated rings. The maximum atomic E-state index is 12.4. The van der Waals surface area contributed by atoms with Crippen molar-refractivity contribution in [1.29, 1.82) is 0 Å². The van der Waals surface area contributed by atoms with E-state index in [1.807, 2.05) is 42.4 Å². The Hall–Kier alpha value is -1.77. The zero-order valence-electron chi connectivity index (χ0n) is 9.94. The number of para-hydroxylation sites is 1. The number of carbonyl (C=O) groups excluding carboxylic acids is 1. The van der Waals surface area contributed by atoms with Crippen molar-refractivity contribution >= 4 is 16.8 Å². The first kappa shape index (κ1) is 10.4. The van der Waals surface area contributed by atoms with Crippen LogP contribution in [0.4, 0.5) is 0 Å². The standard InChI is InChI=1S/C14H16N2O/c1-16(11-5-3-6-11)14(17)12-7-2-4-10-8-9-15-13(10)12/h2,4,7-9,11,15H,3,5-6H2,1H3. The third-order valence-corrected chi connectivity index (χ3v) is 3.76. The summed E-state index contributed by atoms with van der Waals surface area (Å²) in [6, 6.07) is 8.29. The van der Waals surface area contributed by atoms with Crippen LogP contribution in [0.1, 0.15) is 29.6 Å². The molecule has 1 aromatic carbocycles. The van der Waals surface area contributed by atoms with Gasteiger partial charge in [0.25, 0.3) is 5.91 Å². The van der Waals surface area contributed by atoms with E-state index in [1.54, 1.807) is 0 Å². The van der Waals surface area contributed by atoms with Crippen molar-refractivity contribution < 1.29 is 4.79 Å². The minimum Gasteiger partial charge on any atom is -0.361 e. The zero-order chi connectivity index (χ0) is 11.8. The molecule has 0 radical (unpaired) electrons. The number of nitrogens with zero attached hydrogens (tertiary/aromatic N) is 1. The first-order valence-corrected chi connectivity index (χ1v) is 6.10. The highest BCUT2D eigenvalue weighted by molar-refractivity contribution is 6.05. The second kappa shape index (κ2) is 3.91. The Morgan fingerprint density at radius 3 is 2.88 bits per heavy atom. The van der Waals surface area contributed by atoms with Gasteiger partial charge in [-0.25, -0.2) is 0 Å². The van der Waals surface area contributed by atoms with Gasteiger partial charge in [-0.3, -0.25) is 4.79 Å². The third-order valence-electron chi connectivity index (χ3n) is 3.76. The fraction of sp³-hybridized carbons (Fsp3) is 0.357. The van der Waals surface area contributed by atoms with Crippen LogP contribution < -0.4 is 0 Å². The van der Waals surface area contributed by atoms with Gasteiger partial charge >= 0.3 is 0 Å². The average Bonchev–Trinajstić information content (AvgIpc) is 2.73. The Kier molecular flexibility index (Phi) is 2.39. The fourth-order valence-corrected chi connectivity index (χ4v) is 2.39. The second-order valence-corrected chi connectivity index (χ2v) is 4.75. The average molecular weight is 228 g/mol. The number of amides is 1. The van der Waals surface area contributed by atoms with Crippen LogP contribution in [-0.4, -0.2) is 28.9 Å². The van der Waals surface area contributed by atoms with Crippen molar-refractivity contribution in [2.24, 2.45) is 0 Å². The molecule has 1 saturated carbocycles. The van der Waals surface area contributed by atoms with Gasteiger partial charge in [0.2, 0.25) is 0 Å². The Balaban J connectivity index is 1.97. The summed E-state index contributed by atoms with van der Waals surface area (Å²) in [6.45, 7) is 0. The lowest BCUT2D eigenvalue weighted by Gasteiger charge is -2.34. The van der Waals surface area contributed by atoms with Crippen molar-refractivity contribution in [3.63, 3.8) is 0 Å². The quantitative estimate of drug-likeness (QED) is 0.843. The molecule has 0 atom stereocenters. The van der Waals surface area contributed by atoms with E-state index < -0.39 is 0 Å². The summed E-state index contributed by atoms with van der Waals surface area (Å²) < 4.78 is 0. The first-order valence-electron chi connectivity index (χ1n) is 6.10. The van der Waals surface area contributed by atoms with Gasteiger partial charge < -0.3 is 9.88 Å². The highest BCUT2D eigenvalue weighted by Crippen LogP contribution is 2.26. The molecule has 3 rings (SSSR count). The summed E-state index contributed by atoms with van der Waals surface area (Å²) in [5.41, 5.74) is 1.73. The molecule has 0 spiro atoms. The van der Waals surface area contributed by atoms with Crippen LogP contribution in [0.2, 0.25) is 0 Å². The summed E-state index contributed by atoms with van der Waals surface area (Å²) in [5, 5.41) is 1.10. The predicted octanol–water partition coefficient (Wildman–Crippen LogP) is 2.79. The molecule has 1 N–H and O–H groups in total. The molecule has 88 valence electrons. The molecule has 3 nitrogen and oxygen atoms in total. The monoisotopic (exact) mass is 228 g/mol. The Morgan fingerprint density at radius 2 is 2.18 bits per heavy atom. The molecule has 0 unspecified atom stereocenters. The highest BCUT2D eigenvalue weighted by atomic mass is 16.2. The van der Waals surface area contributed by atoms with Gasteiger partial charge in [-0.1, -0.05) is 12.1 Å². The van der Waals surface area contributed by atoms with Gasteiger partial charge in [-0.05, 0) is 31.4 Å². The molecule has 0 bridgehead atoms. The maximum absolute atomic E-state index is 12.4. The number of H-pyrrole nitrogens is 1. The lowest BCUT2D eigenvalue weighted by Crippen LogP contribution is -2.41. The van der Waals surface area contributed by atoms with Gasteiger partial charge in [0.05, 0.1) is 11.1 Å². The fourth-order valence-electron chi connectivity index (χ4n) is 2.39. The lowest BCUT2D eigenvalue weighted by atomic mass is 9.91. The number of hydrogen-bond donors (Lipinski definition) is 1. The number of aromatic amines is 1. The third kappa shape index (κ3) is 1.62. The van der Waals surface area contributed by atoms with Crippen molar-refractivity contribution in [2.45, 2.75) is 25.3 Å². The van der Waals surface area contributed by atoms with Crippen LogP contribution in [0.15, 0.2) is 30.5 Å². The van der Waals surface area contributed by atoms with E-state index in [4.69, 9.17) is 0 Å². The van der Waals surface area contributed by atoms with Gasteiger partial charge in [-0.2, -0.15) is 0 Å². The molecule has 0 saturated heterocycles. The number of carbonyl (C=O) groups is 1. The largest absolute Gasteiger partial charge is 0.361 e. The van der Waals surface area contributed by atoms with Crippen LogP contribution in [0, 0.1) is 0 Å². The normalized spacial score (nSPS) is 15.8. The summed E-state index contributed by atoms with van der Waals surface area (Å²) >= 11 is 0. The molecule has 3 heteroatoms. The van der Waals surface area contributed by atoms with Gasteiger partial charge in [0, 0.05) is 24.7 Å². The maximum Gasteiger partial charge on any atom is 0.255 e. The number of benzene rings is 1. The van der Waals surface area contributed by atoms with Crippen LogP contribution in [0.5, 0.6) is 0 Å². The van der Waals surface area contributed by atoms with E-state index in [2.05, 4.69) is 4.98 Å². The Bertz CT molecular complexity index is 554. The number of aromatic nitrogens is 1. The molecule has 1 aromatic heterocycles. The minimum atomic E-state index is 0.128. The molecule has 1 aliphatic rings. The summed E-state index contributed by atoms with van der Waals surface area (Å²) in [7, 11) is 1.91. The van der Waals surface area contributed by atoms with Crippen LogP contribution >= 0.6 is 0 Å². The summed E-state index contributed by atoms with van der Waals surface area (Å²) in [6.07, 6.45) is 5.41. The molecule has 17 heavy (non-hydrogen) atoms. The molecule has 2 aromatic rings. The number of hydrogen-bond acceptors (Lipinski definition) is 1. The number of nitrogens with one attached hydrogen (secondary N) is 1. The van der Waals surface area contributed by atoms with Crippen molar-refractivity contribution in [3.05, 3.63) is 36.0 Å². The highest BCUT2D eigenvalue weighted by Gasteiger charge is 2.27. The number of rotatable bonds is 2. The molecule has 1 aliphatic carbocycles. The lowest BCUT2D eigenvalue weighted by molar-refractivity contribution is 0.0654. The Labute approximate surface area is 100 Å². The zero-order valence-corrected chi connectivity index (χ0v) is 9.94. The van der Waals surface area contributed by atoms with Crippen LogP contribution in [0.3, 0.4) is 0 Å². The van der Waals surface area contributed by atoms with Crippen molar-refractivity contribution in [1.82, 2.24) is 9.88 Å². The molecular formula is C14H16N2O. The van der Waals surface area contributed by atoms with Gasteiger partial charge in [0.15, 0.2) is 0 Å². The topological polar surface area (TPSA) is 36.1 Å². The van der Waals surface area contributed by atoms with E-state index in [9.17, 15) is 4.79 Å². The van der Waals surface area contributed by atoms with Gasteiger partial charge in [0.1, 0.15) is 0 Å². The van der Waals surface area contributed by atoms with E-state index in [1.165, 1.54) is 6.42 Å². The van der Waals surface area contributed by atoms with E-state index in [-0.39, 0.29) is 5.91 Å². The number of fused-ring (bicyclic) bond motifs is 1. The van der Waals surface area contributed by atoms with E-state index in [0.29, 0.717) is 6.04 Å². The van der Waals surface area contributed by atoms with Crippen molar-refractivity contribution in [3.8, 4) is 0 Å². The van der Waals surface area contributed by atoms with Gasteiger partial charge in [-0.15, -0.1) is 0 Å². The Morgan fingerprint density at radius 1 is 1.35 bits per heavy atom. The van der Waals surface area contributed by atoms with Crippen LogP contribution in [0.25, 0.3) is 10.9 Å². The van der Waals surface area contributed by atoms with E-state index >= 15 is 0 Å². The second-order valence-electron chi connectivity index (χ2n) is 4.75. The predicted molar refractivity (Wildman–Crippen MR) is 68.0 cm³/mol. The minimum absolute atomic E-state index is 0.128.